The van der Waals surface area contributed by atoms with Crippen LogP contribution in [0.1, 0.15) is 0 Å². The van der Waals surface area contributed by atoms with Crippen LogP contribution in [0.2, 0.25) is 5.02 Å². The molecular weight excluding hydrogens is 289 g/mol. The Balaban J connectivity index is 2.94. The van der Waals surface area contributed by atoms with Crippen LogP contribution in [0.15, 0.2) is 12.1 Å². The van der Waals surface area contributed by atoms with Gasteiger partial charge in [-0.05, 0) is 6.07 Å². The lowest BCUT2D eigenvalue weighted by molar-refractivity contribution is -0.384. The predicted molar refractivity (Wildman–Crippen MR) is 64.5 cm³/mol. The minimum absolute atomic E-state index is 0.0740. The Bertz CT molecular complexity index is 578. The molecule has 0 aliphatic carbocycles. The molecule has 0 bridgehead atoms. The number of rotatable bonds is 5. The number of nitrogens with zero attached hydrogens (tertiary/aromatic N) is 1. The van der Waals surface area contributed by atoms with E-state index in [-0.39, 0.29) is 17.3 Å². The number of anilines is 1. The van der Waals surface area contributed by atoms with Crippen molar-refractivity contribution in [2.75, 3.05) is 17.6 Å². The van der Waals surface area contributed by atoms with Crippen molar-refractivity contribution in [3.05, 3.63) is 33.1 Å². The van der Waals surface area contributed by atoms with Crippen molar-refractivity contribution >= 4 is 33.0 Å². The zero-order chi connectivity index (χ0) is 13.9. The molecule has 0 aromatic heterocycles. The largest absolute Gasteiger partial charge is 0.378 e. The van der Waals surface area contributed by atoms with E-state index in [0.717, 1.165) is 6.07 Å². The van der Waals surface area contributed by atoms with Crippen LogP contribution in [0, 0.1) is 15.9 Å². The van der Waals surface area contributed by atoms with Gasteiger partial charge in [-0.3, -0.25) is 10.1 Å². The van der Waals surface area contributed by atoms with Crippen molar-refractivity contribution in [2.24, 2.45) is 5.14 Å². The maximum Gasteiger partial charge on any atom is 0.295 e. The SMILES string of the molecule is NS(=O)(=O)CCNc1cc(Cl)c(F)cc1[N+](=O)[O-]. The van der Waals surface area contributed by atoms with Crippen LogP contribution in [0.5, 0.6) is 0 Å². The van der Waals surface area contributed by atoms with Crippen molar-refractivity contribution < 1.29 is 17.7 Å². The summed E-state index contributed by atoms with van der Waals surface area (Å²) in [6.07, 6.45) is 0. The number of nitrogens with two attached hydrogens (primary N) is 1. The molecular formula is C8H9ClFN3O4S. The zero-order valence-corrected chi connectivity index (χ0v) is 10.5. The van der Waals surface area contributed by atoms with Crippen LogP contribution in [0.25, 0.3) is 0 Å². The number of hydrogen-bond donors (Lipinski definition) is 2. The number of benzene rings is 1. The van der Waals surface area contributed by atoms with Gasteiger partial charge in [0.1, 0.15) is 11.5 Å². The first kappa shape index (κ1) is 14.6. The smallest absolute Gasteiger partial charge is 0.295 e. The molecule has 1 aromatic rings. The fourth-order valence-electron chi connectivity index (χ4n) is 1.16. The van der Waals surface area contributed by atoms with Gasteiger partial charge in [-0.1, -0.05) is 11.6 Å². The van der Waals surface area contributed by atoms with Gasteiger partial charge < -0.3 is 5.32 Å². The Morgan fingerprint density at radius 1 is 1.50 bits per heavy atom. The summed E-state index contributed by atoms with van der Waals surface area (Å²) in [6.45, 7) is -0.151. The van der Waals surface area contributed by atoms with Gasteiger partial charge in [0.15, 0.2) is 0 Å². The van der Waals surface area contributed by atoms with Crippen LogP contribution in [0.3, 0.4) is 0 Å². The molecule has 0 unspecified atom stereocenters. The van der Waals surface area contributed by atoms with Crippen LogP contribution < -0.4 is 10.5 Å². The number of nitro groups is 1. The summed E-state index contributed by atoms with van der Waals surface area (Å²) in [6, 6.07) is 1.67. The second-order valence-corrected chi connectivity index (χ2v) is 5.48. The van der Waals surface area contributed by atoms with E-state index in [4.69, 9.17) is 16.7 Å². The molecule has 0 saturated heterocycles. The molecule has 10 heteroatoms. The third-order valence-corrected chi connectivity index (χ3v) is 3.00. The van der Waals surface area contributed by atoms with Gasteiger partial charge in [-0.2, -0.15) is 0 Å². The molecule has 0 amide bonds. The van der Waals surface area contributed by atoms with Crippen molar-refractivity contribution in [2.45, 2.75) is 0 Å². The Morgan fingerprint density at radius 3 is 2.61 bits per heavy atom. The number of sulfonamides is 1. The standard InChI is InChI=1S/C8H9ClFN3O4S/c9-5-3-7(12-1-2-18(11,16)17)8(13(14)15)4-6(5)10/h3-4,12H,1-2H2,(H2,11,16,17). The van der Waals surface area contributed by atoms with Crippen LogP contribution in [-0.2, 0) is 10.0 Å². The Hall–Kier alpha value is -1.45. The van der Waals surface area contributed by atoms with E-state index in [9.17, 15) is 22.9 Å². The first-order chi connectivity index (χ1) is 8.20. The van der Waals surface area contributed by atoms with E-state index in [1.165, 1.54) is 0 Å². The zero-order valence-electron chi connectivity index (χ0n) is 8.89. The van der Waals surface area contributed by atoms with Crippen molar-refractivity contribution in [3.63, 3.8) is 0 Å². The van der Waals surface area contributed by atoms with Gasteiger partial charge in [0.2, 0.25) is 10.0 Å². The van der Waals surface area contributed by atoms with Crippen molar-refractivity contribution in [1.29, 1.82) is 0 Å². The highest BCUT2D eigenvalue weighted by molar-refractivity contribution is 7.89. The molecule has 0 saturated carbocycles. The fourth-order valence-corrected chi connectivity index (χ4v) is 1.71. The van der Waals surface area contributed by atoms with Gasteiger partial charge >= 0.3 is 0 Å². The number of hydrogen-bond acceptors (Lipinski definition) is 5. The minimum atomic E-state index is -3.69. The summed E-state index contributed by atoms with van der Waals surface area (Å²) in [5.74, 6) is -1.35. The summed E-state index contributed by atoms with van der Waals surface area (Å²) in [4.78, 5) is 9.85. The first-order valence-electron chi connectivity index (χ1n) is 4.58. The number of nitro benzene ring substituents is 1. The van der Waals surface area contributed by atoms with E-state index in [1.807, 2.05) is 0 Å². The highest BCUT2D eigenvalue weighted by atomic mass is 35.5. The molecule has 0 heterocycles. The average molecular weight is 298 g/mol. The maximum atomic E-state index is 13.1. The molecule has 7 nitrogen and oxygen atoms in total. The lowest BCUT2D eigenvalue weighted by Gasteiger charge is -2.07. The average Bonchev–Trinajstić information content (AvgIpc) is 2.20. The normalized spacial score (nSPS) is 11.3. The third kappa shape index (κ3) is 4.09. The second-order valence-electron chi connectivity index (χ2n) is 3.33. The second kappa shape index (κ2) is 5.46. The quantitative estimate of drug-likeness (QED) is 0.623. The molecule has 18 heavy (non-hydrogen) atoms. The summed E-state index contributed by atoms with van der Waals surface area (Å²) >= 11 is 5.48. The van der Waals surface area contributed by atoms with Crippen LogP contribution in [0.4, 0.5) is 15.8 Å². The molecule has 0 spiro atoms. The van der Waals surface area contributed by atoms with Gasteiger partial charge in [0, 0.05) is 6.54 Å². The van der Waals surface area contributed by atoms with Gasteiger partial charge in [0.05, 0.1) is 21.8 Å². The molecule has 0 atom stereocenters. The summed E-state index contributed by atoms with van der Waals surface area (Å²) in [7, 11) is -3.69. The van der Waals surface area contributed by atoms with Crippen molar-refractivity contribution in [1.82, 2.24) is 0 Å². The lowest BCUT2D eigenvalue weighted by atomic mass is 10.2. The molecule has 100 valence electrons. The van der Waals surface area contributed by atoms with Crippen LogP contribution in [-0.4, -0.2) is 25.6 Å². The third-order valence-electron chi connectivity index (χ3n) is 1.94. The molecule has 0 aliphatic heterocycles. The van der Waals surface area contributed by atoms with E-state index >= 15 is 0 Å². The van der Waals surface area contributed by atoms with Gasteiger partial charge in [-0.15, -0.1) is 0 Å². The molecule has 1 rings (SSSR count). The monoisotopic (exact) mass is 297 g/mol. The van der Waals surface area contributed by atoms with Crippen molar-refractivity contribution in [3.8, 4) is 0 Å². The maximum absolute atomic E-state index is 13.1. The molecule has 1 aromatic carbocycles. The van der Waals surface area contributed by atoms with Crippen LogP contribution >= 0.6 is 11.6 Å². The topological polar surface area (TPSA) is 115 Å². The Labute approximate surface area is 107 Å². The first-order valence-corrected chi connectivity index (χ1v) is 6.68. The summed E-state index contributed by atoms with van der Waals surface area (Å²) < 4.78 is 34.4. The summed E-state index contributed by atoms with van der Waals surface area (Å²) in [5.41, 5.74) is -0.610. The highest BCUT2D eigenvalue weighted by Gasteiger charge is 2.17. The highest BCUT2D eigenvalue weighted by Crippen LogP contribution is 2.30. The molecule has 0 radical (unpaired) electrons. The van der Waals surface area contributed by atoms with E-state index in [1.54, 1.807) is 0 Å². The molecule has 3 N–H and O–H groups in total. The van der Waals surface area contributed by atoms with Gasteiger partial charge in [-0.25, -0.2) is 17.9 Å². The fraction of sp³-hybridized carbons (Fsp3) is 0.250. The minimum Gasteiger partial charge on any atom is -0.378 e. The number of nitrogens with one attached hydrogen (secondary N) is 1. The lowest BCUT2D eigenvalue weighted by Crippen LogP contribution is -2.22. The molecule has 0 aliphatic rings. The predicted octanol–water partition coefficient (Wildman–Crippen LogP) is 1.09. The van der Waals surface area contributed by atoms with E-state index in [2.05, 4.69) is 5.32 Å². The molecule has 0 fully saturated rings. The number of primary sulfonamides is 1. The Kier molecular flexibility index (Phi) is 4.43. The Morgan fingerprint density at radius 2 is 2.11 bits per heavy atom. The van der Waals surface area contributed by atoms with Gasteiger partial charge in [0.25, 0.3) is 5.69 Å². The van der Waals surface area contributed by atoms with E-state index in [0.29, 0.717) is 6.07 Å². The number of halogens is 2. The van der Waals surface area contributed by atoms with E-state index < -0.39 is 32.2 Å². The summed E-state index contributed by atoms with van der Waals surface area (Å²) in [5, 5.41) is 17.6.